The van der Waals surface area contributed by atoms with Gasteiger partial charge in [-0.15, -0.1) is 11.3 Å². The van der Waals surface area contributed by atoms with Gasteiger partial charge in [-0.3, -0.25) is 0 Å². The number of ether oxygens (including phenoxy) is 1. The van der Waals surface area contributed by atoms with E-state index >= 15 is 0 Å². The molecule has 15 heavy (non-hydrogen) atoms. The number of aryl methyl sites for hydroxylation is 1. The van der Waals surface area contributed by atoms with Gasteiger partial charge >= 0.3 is 0 Å². The maximum absolute atomic E-state index is 5.92. The predicted octanol–water partition coefficient (Wildman–Crippen LogP) is 2.43. The molecule has 1 aromatic rings. The van der Waals surface area contributed by atoms with E-state index in [1.54, 1.807) is 0 Å². The second kappa shape index (κ2) is 4.64. The minimum atomic E-state index is 0.226. The predicted molar refractivity (Wildman–Crippen MR) is 64.2 cm³/mol. The van der Waals surface area contributed by atoms with E-state index in [1.807, 2.05) is 11.3 Å². The lowest BCUT2D eigenvalue weighted by Crippen LogP contribution is -2.37. The smallest absolute Gasteiger partial charge is 0.0616 e. The Morgan fingerprint density at radius 3 is 3.07 bits per heavy atom. The summed E-state index contributed by atoms with van der Waals surface area (Å²) in [6, 6.07) is 4.32. The van der Waals surface area contributed by atoms with Gasteiger partial charge in [-0.2, -0.15) is 0 Å². The fraction of sp³-hybridized carbons (Fsp3) is 0.667. The molecule has 1 aromatic heterocycles. The fourth-order valence-electron chi connectivity index (χ4n) is 2.34. The van der Waals surface area contributed by atoms with Crippen LogP contribution in [0.15, 0.2) is 17.5 Å². The lowest BCUT2D eigenvalue weighted by Gasteiger charge is -2.30. The van der Waals surface area contributed by atoms with Gasteiger partial charge in [-0.05, 0) is 37.6 Å². The van der Waals surface area contributed by atoms with E-state index in [4.69, 9.17) is 10.5 Å². The minimum Gasteiger partial charge on any atom is -0.378 e. The van der Waals surface area contributed by atoms with Crippen molar-refractivity contribution in [3.8, 4) is 0 Å². The zero-order chi connectivity index (χ0) is 10.7. The Hall–Kier alpha value is -0.380. The highest BCUT2D eigenvalue weighted by molar-refractivity contribution is 7.09. The second-order valence-corrected chi connectivity index (χ2v) is 5.44. The summed E-state index contributed by atoms with van der Waals surface area (Å²) in [5.41, 5.74) is 6.15. The van der Waals surface area contributed by atoms with Crippen LogP contribution >= 0.6 is 11.3 Å². The van der Waals surface area contributed by atoms with Gasteiger partial charge in [0.25, 0.3) is 0 Å². The molecule has 2 rings (SSSR count). The van der Waals surface area contributed by atoms with Crippen molar-refractivity contribution < 1.29 is 4.74 Å². The summed E-state index contributed by atoms with van der Waals surface area (Å²) >= 11 is 1.84. The van der Waals surface area contributed by atoms with Crippen molar-refractivity contribution in [3.05, 3.63) is 22.4 Å². The maximum Gasteiger partial charge on any atom is 0.0616 e. The zero-order valence-corrected chi connectivity index (χ0v) is 10.1. The Labute approximate surface area is 95.4 Å². The highest BCUT2D eigenvalue weighted by atomic mass is 32.1. The molecule has 1 saturated heterocycles. The van der Waals surface area contributed by atoms with Crippen LogP contribution in [0.25, 0.3) is 0 Å². The monoisotopic (exact) mass is 225 g/mol. The van der Waals surface area contributed by atoms with Gasteiger partial charge in [-0.25, -0.2) is 0 Å². The first-order chi connectivity index (χ1) is 7.27. The minimum absolute atomic E-state index is 0.226. The molecule has 2 unspecified atom stereocenters. The first-order valence-electron chi connectivity index (χ1n) is 5.61. The Morgan fingerprint density at radius 1 is 1.67 bits per heavy atom. The highest BCUT2D eigenvalue weighted by Gasteiger charge is 2.39. The van der Waals surface area contributed by atoms with Crippen molar-refractivity contribution in [2.75, 3.05) is 13.2 Å². The van der Waals surface area contributed by atoms with Crippen molar-refractivity contribution in [2.45, 2.75) is 32.3 Å². The van der Waals surface area contributed by atoms with Crippen LogP contribution in [0.2, 0.25) is 0 Å². The van der Waals surface area contributed by atoms with Crippen LogP contribution in [-0.4, -0.2) is 19.3 Å². The summed E-state index contributed by atoms with van der Waals surface area (Å²) < 4.78 is 5.65. The van der Waals surface area contributed by atoms with Gasteiger partial charge in [0.05, 0.1) is 6.10 Å². The van der Waals surface area contributed by atoms with Crippen LogP contribution in [-0.2, 0) is 11.2 Å². The van der Waals surface area contributed by atoms with Gasteiger partial charge in [0.15, 0.2) is 0 Å². The van der Waals surface area contributed by atoms with E-state index in [0.29, 0.717) is 6.10 Å². The Balaban J connectivity index is 1.96. The third-order valence-corrected chi connectivity index (χ3v) is 4.62. The molecule has 84 valence electrons. The third kappa shape index (κ3) is 2.25. The van der Waals surface area contributed by atoms with Crippen LogP contribution < -0.4 is 5.73 Å². The van der Waals surface area contributed by atoms with E-state index in [0.717, 1.165) is 32.4 Å². The molecule has 2 atom stereocenters. The number of rotatable bonds is 4. The van der Waals surface area contributed by atoms with Gasteiger partial charge in [-0.1, -0.05) is 6.07 Å². The highest BCUT2D eigenvalue weighted by Crippen LogP contribution is 2.38. The van der Waals surface area contributed by atoms with Crippen LogP contribution in [0.3, 0.4) is 0 Å². The van der Waals surface area contributed by atoms with Crippen molar-refractivity contribution in [3.63, 3.8) is 0 Å². The van der Waals surface area contributed by atoms with Crippen molar-refractivity contribution in [1.82, 2.24) is 0 Å². The lowest BCUT2D eigenvalue weighted by molar-refractivity contribution is 0.0632. The molecule has 0 spiro atoms. The average Bonchev–Trinajstić information content (AvgIpc) is 2.85. The van der Waals surface area contributed by atoms with Crippen LogP contribution in [0.4, 0.5) is 0 Å². The average molecular weight is 225 g/mol. The summed E-state index contributed by atoms with van der Waals surface area (Å²) in [5, 5.41) is 2.14. The van der Waals surface area contributed by atoms with Crippen LogP contribution in [0.1, 0.15) is 24.6 Å². The van der Waals surface area contributed by atoms with Crippen molar-refractivity contribution >= 4 is 11.3 Å². The summed E-state index contributed by atoms with van der Waals surface area (Å²) in [4.78, 5) is 1.46. The third-order valence-electron chi connectivity index (χ3n) is 3.69. The standard InChI is InChI=1S/C12H19NOS/c1-10-12(9-13,6-7-14-10)5-4-11-3-2-8-15-11/h2-3,8,10H,4-7,9,13H2,1H3. The second-order valence-electron chi connectivity index (χ2n) is 4.41. The van der Waals surface area contributed by atoms with Crippen molar-refractivity contribution in [2.24, 2.45) is 11.1 Å². The first-order valence-corrected chi connectivity index (χ1v) is 6.49. The number of hydrogen-bond acceptors (Lipinski definition) is 3. The maximum atomic E-state index is 5.92. The fourth-order valence-corrected chi connectivity index (χ4v) is 3.05. The Kier molecular flexibility index (Phi) is 3.44. The van der Waals surface area contributed by atoms with E-state index in [9.17, 15) is 0 Å². The summed E-state index contributed by atoms with van der Waals surface area (Å²) in [6.45, 7) is 3.79. The normalized spacial score (nSPS) is 30.9. The summed E-state index contributed by atoms with van der Waals surface area (Å²) in [6.07, 6.45) is 3.74. The van der Waals surface area contributed by atoms with Gasteiger partial charge in [0.2, 0.25) is 0 Å². The van der Waals surface area contributed by atoms with Crippen molar-refractivity contribution in [1.29, 1.82) is 0 Å². The van der Waals surface area contributed by atoms with Gasteiger partial charge in [0, 0.05) is 23.4 Å². The van der Waals surface area contributed by atoms with Gasteiger partial charge < -0.3 is 10.5 Å². The molecule has 3 heteroatoms. The SMILES string of the molecule is CC1OCCC1(CN)CCc1cccs1. The van der Waals surface area contributed by atoms with E-state index in [2.05, 4.69) is 24.4 Å². The quantitative estimate of drug-likeness (QED) is 0.854. The molecule has 2 N–H and O–H groups in total. The molecule has 1 fully saturated rings. The number of thiophene rings is 1. The number of nitrogens with two attached hydrogens (primary N) is 1. The van der Waals surface area contributed by atoms with Crippen LogP contribution in [0, 0.1) is 5.41 Å². The lowest BCUT2D eigenvalue weighted by atomic mass is 9.77. The molecule has 1 aliphatic rings. The molecular weight excluding hydrogens is 206 g/mol. The summed E-state index contributed by atoms with van der Waals surface area (Å²) in [7, 11) is 0. The Bertz CT molecular complexity index is 299. The molecule has 0 saturated carbocycles. The molecule has 0 bridgehead atoms. The van der Waals surface area contributed by atoms with Gasteiger partial charge in [0.1, 0.15) is 0 Å². The summed E-state index contributed by atoms with van der Waals surface area (Å²) in [5.74, 6) is 0. The first kappa shape index (κ1) is 11.1. The topological polar surface area (TPSA) is 35.2 Å². The largest absolute Gasteiger partial charge is 0.378 e. The van der Waals surface area contributed by atoms with E-state index in [1.165, 1.54) is 4.88 Å². The molecule has 0 aliphatic carbocycles. The molecular formula is C12H19NOS. The number of hydrogen-bond donors (Lipinski definition) is 1. The molecule has 0 amide bonds. The zero-order valence-electron chi connectivity index (χ0n) is 9.24. The van der Waals surface area contributed by atoms with E-state index in [-0.39, 0.29) is 5.41 Å². The molecule has 2 heterocycles. The molecule has 1 aliphatic heterocycles. The molecule has 2 nitrogen and oxygen atoms in total. The molecule has 0 aromatic carbocycles. The molecule has 0 radical (unpaired) electrons. The Morgan fingerprint density at radius 2 is 2.53 bits per heavy atom. The van der Waals surface area contributed by atoms with Crippen LogP contribution in [0.5, 0.6) is 0 Å². The van der Waals surface area contributed by atoms with E-state index < -0.39 is 0 Å².